The lowest BCUT2D eigenvalue weighted by Gasteiger charge is -2.36. The normalized spacial score (nSPS) is 17.4. The van der Waals surface area contributed by atoms with Gasteiger partial charge in [-0.25, -0.2) is 0 Å². The first-order valence-electron chi connectivity index (χ1n) is 12.5. The molecule has 0 unspecified atom stereocenters. The fraction of sp³-hybridized carbons (Fsp3) is 0.333. The number of carbonyl (C=O) groups is 2. The van der Waals surface area contributed by atoms with Crippen molar-refractivity contribution in [1.82, 2.24) is 0 Å². The first-order valence-corrected chi connectivity index (χ1v) is 12.8. The van der Waals surface area contributed by atoms with Crippen LogP contribution in [0.1, 0.15) is 56.9 Å². The molecule has 0 amide bonds. The second kappa shape index (κ2) is 10.5. The molecule has 0 saturated carbocycles. The number of ketones is 2. The zero-order valence-electron chi connectivity index (χ0n) is 20.9. The molecule has 39 heavy (non-hydrogen) atoms. The number of ether oxygens (including phenoxy) is 3. The number of nitro groups is 2. The van der Waals surface area contributed by atoms with Gasteiger partial charge in [-0.3, -0.25) is 29.8 Å². The molecule has 0 saturated heterocycles. The molecule has 2 aromatic carbocycles. The summed E-state index contributed by atoms with van der Waals surface area (Å²) in [4.78, 5) is 47.4. The van der Waals surface area contributed by atoms with Crippen LogP contribution < -0.4 is 9.47 Å². The van der Waals surface area contributed by atoms with Crippen molar-refractivity contribution in [2.75, 3.05) is 6.61 Å². The van der Waals surface area contributed by atoms with Crippen LogP contribution in [0.5, 0.6) is 17.2 Å². The van der Waals surface area contributed by atoms with Crippen molar-refractivity contribution in [2.24, 2.45) is 0 Å². The van der Waals surface area contributed by atoms with Gasteiger partial charge in [0.05, 0.1) is 27.5 Å². The molecule has 0 atom stereocenters. The first-order chi connectivity index (χ1) is 18.7. The lowest BCUT2D eigenvalue weighted by Crippen LogP contribution is -2.30. The average Bonchev–Trinajstić information content (AvgIpc) is 2.89. The van der Waals surface area contributed by atoms with Crippen LogP contribution in [0.4, 0.5) is 11.4 Å². The molecule has 0 radical (unpaired) electrons. The minimum absolute atomic E-state index is 0.0194. The van der Waals surface area contributed by atoms with Gasteiger partial charge in [0.15, 0.2) is 23.1 Å². The topological polar surface area (TPSA) is 148 Å². The molecule has 0 N–H and O–H groups in total. The fourth-order valence-electron chi connectivity index (χ4n) is 5.23. The summed E-state index contributed by atoms with van der Waals surface area (Å²) in [7, 11) is 0. The Hall–Kier alpha value is -4.25. The van der Waals surface area contributed by atoms with Gasteiger partial charge in [0.2, 0.25) is 5.75 Å². The van der Waals surface area contributed by atoms with E-state index >= 15 is 0 Å². The molecule has 11 nitrogen and oxygen atoms in total. The van der Waals surface area contributed by atoms with E-state index in [1.165, 1.54) is 0 Å². The number of halogens is 1. The minimum atomic E-state index is -0.793. The molecular formula is C27H23ClN2O9. The summed E-state index contributed by atoms with van der Waals surface area (Å²) in [5.41, 5.74) is 0.314. The van der Waals surface area contributed by atoms with Crippen molar-refractivity contribution in [3.05, 3.63) is 83.8 Å². The highest BCUT2D eigenvalue weighted by Gasteiger charge is 2.42. The van der Waals surface area contributed by atoms with Gasteiger partial charge in [-0.05, 0) is 43.5 Å². The highest BCUT2D eigenvalue weighted by molar-refractivity contribution is 6.32. The van der Waals surface area contributed by atoms with Crippen LogP contribution in [-0.4, -0.2) is 28.0 Å². The molecule has 5 rings (SSSR count). The SMILES string of the molecule is CCOc1cc(C2C3=C(CCCC3=O)OC3=C2C(=O)CCC3)cc(Cl)c1Oc1ccc([N+](=O)[O-])cc1[N+](=O)[O-]. The molecule has 0 fully saturated rings. The van der Waals surface area contributed by atoms with Crippen LogP contribution in [-0.2, 0) is 14.3 Å². The first kappa shape index (κ1) is 26.4. The predicted octanol–water partition coefficient (Wildman–Crippen LogP) is 6.48. The maximum atomic E-state index is 13.1. The van der Waals surface area contributed by atoms with Gasteiger partial charge in [-0.2, -0.15) is 0 Å². The average molecular weight is 555 g/mol. The number of hydrogen-bond acceptors (Lipinski definition) is 9. The number of hydrogen-bond donors (Lipinski definition) is 0. The fourth-order valence-corrected chi connectivity index (χ4v) is 5.48. The lowest BCUT2D eigenvalue weighted by molar-refractivity contribution is -0.394. The Balaban J connectivity index is 1.63. The summed E-state index contributed by atoms with van der Waals surface area (Å²) < 4.78 is 17.7. The van der Waals surface area contributed by atoms with E-state index in [0.717, 1.165) is 18.2 Å². The number of Topliss-reactive ketones (excluding diaryl/α,β-unsaturated/α-hetero) is 2. The highest BCUT2D eigenvalue weighted by Crippen LogP contribution is 2.51. The quantitative estimate of drug-likeness (QED) is 0.277. The molecule has 202 valence electrons. The van der Waals surface area contributed by atoms with Crippen LogP contribution >= 0.6 is 11.6 Å². The van der Waals surface area contributed by atoms with E-state index in [1.54, 1.807) is 19.1 Å². The third-order valence-electron chi connectivity index (χ3n) is 6.87. The number of allylic oxidation sites excluding steroid dienone is 4. The van der Waals surface area contributed by atoms with Crippen LogP contribution in [0.3, 0.4) is 0 Å². The van der Waals surface area contributed by atoms with E-state index in [0.29, 0.717) is 66.8 Å². The number of benzene rings is 2. The summed E-state index contributed by atoms with van der Waals surface area (Å²) >= 11 is 6.66. The minimum Gasteiger partial charge on any atom is -0.490 e. The van der Waals surface area contributed by atoms with Crippen molar-refractivity contribution in [1.29, 1.82) is 0 Å². The Morgan fingerprint density at radius 2 is 1.56 bits per heavy atom. The van der Waals surface area contributed by atoms with Gasteiger partial charge in [0.1, 0.15) is 11.5 Å². The highest BCUT2D eigenvalue weighted by atomic mass is 35.5. The van der Waals surface area contributed by atoms with E-state index in [4.69, 9.17) is 25.8 Å². The van der Waals surface area contributed by atoms with Crippen LogP contribution in [0.25, 0.3) is 0 Å². The van der Waals surface area contributed by atoms with E-state index < -0.39 is 27.1 Å². The molecule has 2 aromatic rings. The summed E-state index contributed by atoms with van der Waals surface area (Å²) in [5.74, 6) is 0.0796. The molecule has 3 aliphatic rings. The predicted molar refractivity (Wildman–Crippen MR) is 138 cm³/mol. The third-order valence-corrected chi connectivity index (χ3v) is 7.15. The molecule has 2 aliphatic carbocycles. The van der Waals surface area contributed by atoms with Gasteiger partial charge in [0.25, 0.3) is 5.69 Å². The molecule has 0 bridgehead atoms. The summed E-state index contributed by atoms with van der Waals surface area (Å²) in [6.07, 6.45) is 3.16. The van der Waals surface area contributed by atoms with E-state index in [-0.39, 0.29) is 40.4 Å². The Morgan fingerprint density at radius 3 is 2.13 bits per heavy atom. The maximum Gasteiger partial charge on any atom is 0.318 e. The van der Waals surface area contributed by atoms with Crippen molar-refractivity contribution in [3.8, 4) is 17.2 Å². The Labute approximate surface area is 227 Å². The van der Waals surface area contributed by atoms with Gasteiger partial charge in [0, 0.05) is 48.8 Å². The van der Waals surface area contributed by atoms with Crippen LogP contribution in [0.2, 0.25) is 5.02 Å². The molecule has 1 heterocycles. The van der Waals surface area contributed by atoms with Crippen molar-refractivity contribution in [2.45, 2.75) is 51.4 Å². The number of carbonyl (C=O) groups excluding carboxylic acids is 2. The third kappa shape index (κ3) is 4.85. The van der Waals surface area contributed by atoms with Gasteiger partial charge in [-0.1, -0.05) is 11.6 Å². The van der Waals surface area contributed by atoms with Crippen molar-refractivity contribution >= 4 is 34.5 Å². The number of nitro benzene ring substituents is 2. The Bertz CT molecular complexity index is 1450. The van der Waals surface area contributed by atoms with Crippen molar-refractivity contribution in [3.63, 3.8) is 0 Å². The second-order valence-electron chi connectivity index (χ2n) is 9.29. The molecule has 0 spiro atoms. The largest absolute Gasteiger partial charge is 0.490 e. The molecular weight excluding hydrogens is 532 g/mol. The Morgan fingerprint density at radius 1 is 0.923 bits per heavy atom. The van der Waals surface area contributed by atoms with Crippen LogP contribution in [0, 0.1) is 20.2 Å². The standard InChI is InChI=1S/C27H23ClN2O9/c1-2-37-23-12-14(11-16(28)27(23)39-20-10-9-15(29(33)34)13-17(20)30(35)36)24-25-18(31)5-3-7-21(25)38-22-8-4-6-19(32)26(22)24/h9-13,24H,2-8H2,1H3. The lowest BCUT2D eigenvalue weighted by atomic mass is 9.73. The van der Waals surface area contributed by atoms with Crippen molar-refractivity contribution < 1.29 is 33.6 Å². The molecule has 0 aromatic heterocycles. The number of rotatable bonds is 7. The summed E-state index contributed by atoms with van der Waals surface area (Å²) in [6, 6.07) is 6.15. The monoisotopic (exact) mass is 554 g/mol. The summed E-state index contributed by atoms with van der Waals surface area (Å²) in [6.45, 7) is 1.91. The maximum absolute atomic E-state index is 13.1. The molecule has 12 heteroatoms. The van der Waals surface area contributed by atoms with E-state index in [9.17, 15) is 29.8 Å². The zero-order valence-corrected chi connectivity index (χ0v) is 21.6. The van der Waals surface area contributed by atoms with Gasteiger partial charge >= 0.3 is 5.69 Å². The zero-order chi connectivity index (χ0) is 27.8. The van der Waals surface area contributed by atoms with Crippen LogP contribution in [0.15, 0.2) is 53.0 Å². The molecule has 1 aliphatic heterocycles. The van der Waals surface area contributed by atoms with Gasteiger partial charge in [-0.15, -0.1) is 0 Å². The number of nitrogens with zero attached hydrogens (tertiary/aromatic N) is 2. The van der Waals surface area contributed by atoms with Gasteiger partial charge < -0.3 is 14.2 Å². The summed E-state index contributed by atoms with van der Waals surface area (Å²) in [5, 5.41) is 22.8. The Kier molecular flexibility index (Phi) is 7.09. The smallest absolute Gasteiger partial charge is 0.318 e. The second-order valence-corrected chi connectivity index (χ2v) is 9.70. The number of non-ortho nitro benzene ring substituents is 1. The van der Waals surface area contributed by atoms with E-state index in [1.807, 2.05) is 0 Å². The van der Waals surface area contributed by atoms with E-state index in [2.05, 4.69) is 0 Å².